The zero-order valence-corrected chi connectivity index (χ0v) is 16.1. The van der Waals surface area contributed by atoms with Crippen LogP contribution in [0.2, 0.25) is 0 Å². The number of hydrogen-bond acceptors (Lipinski definition) is 5. The fourth-order valence-corrected chi connectivity index (χ4v) is 2.50. The van der Waals surface area contributed by atoms with Crippen molar-refractivity contribution < 1.29 is 14.3 Å². The van der Waals surface area contributed by atoms with Crippen molar-refractivity contribution in [3.8, 4) is 5.75 Å². The van der Waals surface area contributed by atoms with Crippen LogP contribution in [0.15, 0.2) is 60.8 Å². The van der Waals surface area contributed by atoms with Gasteiger partial charge in [-0.2, -0.15) is 0 Å². The first-order valence-corrected chi connectivity index (χ1v) is 8.68. The molecule has 7 nitrogen and oxygen atoms in total. The van der Waals surface area contributed by atoms with Crippen LogP contribution in [0.1, 0.15) is 0 Å². The Balaban J connectivity index is 0.00000280. The Hall–Kier alpha value is -2.87. The molecular formula is C20H23ClN4O3. The van der Waals surface area contributed by atoms with Gasteiger partial charge in [-0.15, -0.1) is 12.4 Å². The predicted molar refractivity (Wildman–Crippen MR) is 113 cm³/mol. The van der Waals surface area contributed by atoms with E-state index in [0.717, 1.165) is 10.9 Å². The Labute approximate surface area is 169 Å². The average molecular weight is 403 g/mol. The minimum Gasteiger partial charge on any atom is -0.491 e. The lowest BCUT2D eigenvalue weighted by Crippen LogP contribution is -2.19. The van der Waals surface area contributed by atoms with Gasteiger partial charge < -0.3 is 25.8 Å². The standard InChI is InChI=1S/C20H22N4O3.ClH/c21-8-9-26-10-11-27-18-6-3-5-16(13-18)23-20(25)24-17-12-15-4-1-2-7-19(15)22-14-17;/h1-7,12-14H,8-11,21H2,(H2,23,24,25);1H. The van der Waals surface area contributed by atoms with E-state index in [1.807, 2.05) is 42.5 Å². The number of aromatic nitrogens is 1. The smallest absolute Gasteiger partial charge is 0.323 e. The van der Waals surface area contributed by atoms with Crippen molar-refractivity contribution in [3.05, 3.63) is 60.8 Å². The first-order valence-electron chi connectivity index (χ1n) is 8.68. The Kier molecular flexibility index (Phi) is 8.48. The lowest BCUT2D eigenvalue weighted by molar-refractivity contribution is 0.106. The molecule has 4 N–H and O–H groups in total. The highest BCUT2D eigenvalue weighted by molar-refractivity contribution is 6.00. The number of carbonyl (C=O) groups excluding carboxylic acids is 1. The highest BCUT2D eigenvalue weighted by Gasteiger charge is 2.05. The predicted octanol–water partition coefficient (Wildman–Crippen LogP) is 3.65. The Morgan fingerprint density at radius 1 is 0.964 bits per heavy atom. The van der Waals surface area contributed by atoms with Crippen LogP contribution in [0.4, 0.5) is 16.2 Å². The number of nitrogens with one attached hydrogen (secondary N) is 2. The minimum atomic E-state index is -0.351. The first-order chi connectivity index (χ1) is 13.2. The summed E-state index contributed by atoms with van der Waals surface area (Å²) in [7, 11) is 0. The molecule has 0 radical (unpaired) electrons. The molecule has 0 aliphatic rings. The quantitative estimate of drug-likeness (QED) is 0.499. The van der Waals surface area contributed by atoms with Gasteiger partial charge in [0.1, 0.15) is 12.4 Å². The number of fused-ring (bicyclic) bond motifs is 1. The van der Waals surface area contributed by atoms with Gasteiger partial charge >= 0.3 is 6.03 Å². The number of urea groups is 1. The SMILES string of the molecule is Cl.NCCOCCOc1cccc(NC(=O)Nc2cnc3ccccc3c2)c1. The fourth-order valence-electron chi connectivity index (χ4n) is 2.50. The molecule has 148 valence electrons. The number of hydrogen-bond donors (Lipinski definition) is 3. The second-order valence-corrected chi connectivity index (χ2v) is 5.77. The molecule has 3 rings (SSSR count). The van der Waals surface area contributed by atoms with E-state index < -0.39 is 0 Å². The summed E-state index contributed by atoms with van der Waals surface area (Å²) in [4.78, 5) is 16.6. The maximum absolute atomic E-state index is 12.2. The van der Waals surface area contributed by atoms with Crippen LogP contribution in [0, 0.1) is 0 Å². The van der Waals surface area contributed by atoms with E-state index in [9.17, 15) is 4.79 Å². The number of carbonyl (C=O) groups is 1. The van der Waals surface area contributed by atoms with E-state index in [4.69, 9.17) is 15.2 Å². The Morgan fingerprint density at radius 3 is 2.64 bits per heavy atom. The summed E-state index contributed by atoms with van der Waals surface area (Å²) in [6.45, 7) is 1.87. The molecule has 3 aromatic rings. The van der Waals surface area contributed by atoms with Crippen LogP contribution in [-0.2, 0) is 4.74 Å². The van der Waals surface area contributed by atoms with Crippen molar-refractivity contribution in [1.29, 1.82) is 0 Å². The van der Waals surface area contributed by atoms with Gasteiger partial charge in [0.25, 0.3) is 0 Å². The third-order valence-electron chi connectivity index (χ3n) is 3.70. The van der Waals surface area contributed by atoms with Gasteiger partial charge in [0.05, 0.1) is 30.6 Å². The number of anilines is 2. The van der Waals surface area contributed by atoms with Crippen molar-refractivity contribution in [2.45, 2.75) is 0 Å². The normalized spacial score (nSPS) is 10.2. The monoisotopic (exact) mass is 402 g/mol. The van der Waals surface area contributed by atoms with Crippen molar-refractivity contribution in [3.63, 3.8) is 0 Å². The molecule has 8 heteroatoms. The molecule has 1 aromatic heterocycles. The fraction of sp³-hybridized carbons (Fsp3) is 0.200. The molecule has 2 amide bonds. The first kappa shape index (κ1) is 21.4. The van der Waals surface area contributed by atoms with Crippen LogP contribution in [-0.4, -0.2) is 37.4 Å². The number of nitrogens with zero attached hydrogens (tertiary/aromatic N) is 1. The van der Waals surface area contributed by atoms with Gasteiger partial charge in [-0.25, -0.2) is 4.79 Å². The molecule has 0 bridgehead atoms. The minimum absolute atomic E-state index is 0. The Bertz CT molecular complexity index is 907. The van der Waals surface area contributed by atoms with E-state index in [-0.39, 0.29) is 18.4 Å². The van der Waals surface area contributed by atoms with E-state index in [1.54, 1.807) is 18.3 Å². The maximum Gasteiger partial charge on any atom is 0.323 e. The molecule has 28 heavy (non-hydrogen) atoms. The van der Waals surface area contributed by atoms with E-state index in [1.165, 1.54) is 0 Å². The van der Waals surface area contributed by atoms with Gasteiger partial charge in [0.2, 0.25) is 0 Å². The zero-order chi connectivity index (χ0) is 18.9. The summed E-state index contributed by atoms with van der Waals surface area (Å²) in [6.07, 6.45) is 1.63. The number of rotatable bonds is 8. The Morgan fingerprint density at radius 2 is 1.79 bits per heavy atom. The summed E-state index contributed by atoms with van der Waals surface area (Å²) >= 11 is 0. The molecule has 0 aliphatic heterocycles. The van der Waals surface area contributed by atoms with Crippen molar-refractivity contribution in [2.24, 2.45) is 5.73 Å². The summed E-state index contributed by atoms with van der Waals surface area (Å²) in [5.41, 5.74) is 7.48. The third kappa shape index (κ3) is 6.38. The van der Waals surface area contributed by atoms with Crippen molar-refractivity contribution in [1.82, 2.24) is 4.98 Å². The van der Waals surface area contributed by atoms with Crippen LogP contribution in [0.5, 0.6) is 5.75 Å². The molecule has 0 saturated heterocycles. The van der Waals surface area contributed by atoms with Crippen molar-refractivity contribution in [2.75, 3.05) is 37.0 Å². The number of halogens is 1. The molecule has 0 aliphatic carbocycles. The van der Waals surface area contributed by atoms with Gasteiger partial charge in [0.15, 0.2) is 0 Å². The van der Waals surface area contributed by atoms with Crippen molar-refractivity contribution >= 4 is 40.7 Å². The highest BCUT2D eigenvalue weighted by atomic mass is 35.5. The summed E-state index contributed by atoms with van der Waals surface area (Å²) in [6, 6.07) is 16.4. The highest BCUT2D eigenvalue weighted by Crippen LogP contribution is 2.19. The molecule has 0 unspecified atom stereocenters. The molecule has 0 fully saturated rings. The summed E-state index contributed by atoms with van der Waals surface area (Å²) in [5.74, 6) is 0.650. The van der Waals surface area contributed by atoms with Crippen LogP contribution >= 0.6 is 12.4 Å². The molecule has 1 heterocycles. The molecule has 0 spiro atoms. The van der Waals surface area contributed by atoms with Crippen LogP contribution in [0.25, 0.3) is 10.9 Å². The molecule has 0 atom stereocenters. The number of nitrogens with two attached hydrogens (primary N) is 1. The van der Waals surface area contributed by atoms with Gasteiger partial charge in [-0.3, -0.25) is 4.98 Å². The maximum atomic E-state index is 12.2. The van der Waals surface area contributed by atoms with E-state index in [2.05, 4.69) is 15.6 Å². The number of pyridine rings is 1. The second kappa shape index (κ2) is 11.1. The van der Waals surface area contributed by atoms with Crippen LogP contribution < -0.4 is 21.1 Å². The topological polar surface area (TPSA) is 98.5 Å². The van der Waals surface area contributed by atoms with Gasteiger partial charge in [0, 0.05) is 23.7 Å². The van der Waals surface area contributed by atoms with Gasteiger partial charge in [-0.1, -0.05) is 24.3 Å². The average Bonchev–Trinajstić information content (AvgIpc) is 2.68. The largest absolute Gasteiger partial charge is 0.491 e. The molecule has 0 saturated carbocycles. The number of benzene rings is 2. The molecule has 2 aromatic carbocycles. The second-order valence-electron chi connectivity index (χ2n) is 5.77. The number of amides is 2. The zero-order valence-electron chi connectivity index (χ0n) is 15.3. The number of para-hydroxylation sites is 1. The summed E-state index contributed by atoms with van der Waals surface area (Å²) < 4.78 is 10.9. The van der Waals surface area contributed by atoms with Crippen LogP contribution in [0.3, 0.4) is 0 Å². The van der Waals surface area contributed by atoms with E-state index in [0.29, 0.717) is 43.5 Å². The lowest BCUT2D eigenvalue weighted by atomic mass is 10.2. The number of ether oxygens (including phenoxy) is 2. The third-order valence-corrected chi connectivity index (χ3v) is 3.70. The van der Waals surface area contributed by atoms with E-state index >= 15 is 0 Å². The summed E-state index contributed by atoms with van der Waals surface area (Å²) in [5, 5.41) is 6.53. The lowest BCUT2D eigenvalue weighted by Gasteiger charge is -2.10. The molecular weight excluding hydrogens is 380 g/mol. The van der Waals surface area contributed by atoms with Gasteiger partial charge in [-0.05, 0) is 24.3 Å².